The van der Waals surface area contributed by atoms with Crippen molar-refractivity contribution in [3.63, 3.8) is 0 Å². The minimum absolute atomic E-state index is 0.0359. The summed E-state index contributed by atoms with van der Waals surface area (Å²) in [6.07, 6.45) is 0. The predicted octanol–water partition coefficient (Wildman–Crippen LogP) is 1.21. The van der Waals surface area contributed by atoms with Gasteiger partial charge in [0.2, 0.25) is 5.91 Å². The zero-order chi connectivity index (χ0) is 15.8. The zero-order valence-electron chi connectivity index (χ0n) is 12.9. The molecule has 0 fully saturated rings. The number of nitrogens with one attached hydrogen (secondary N) is 2. The van der Waals surface area contributed by atoms with Crippen LogP contribution in [0.1, 0.15) is 24.2 Å². The van der Waals surface area contributed by atoms with E-state index in [-0.39, 0.29) is 17.7 Å². The van der Waals surface area contributed by atoms with E-state index in [0.29, 0.717) is 30.2 Å². The molecule has 0 bridgehead atoms. The molecule has 0 spiro atoms. The van der Waals surface area contributed by atoms with E-state index in [4.69, 9.17) is 9.47 Å². The van der Waals surface area contributed by atoms with Crippen LogP contribution in [-0.4, -0.2) is 39.1 Å². The normalized spacial score (nSPS) is 10.1. The number of rotatable bonds is 7. The van der Waals surface area contributed by atoms with Gasteiger partial charge >= 0.3 is 0 Å². The van der Waals surface area contributed by atoms with Gasteiger partial charge in [0.15, 0.2) is 0 Å². The topological polar surface area (TPSA) is 76.7 Å². The van der Waals surface area contributed by atoms with Gasteiger partial charge in [-0.1, -0.05) is 13.8 Å². The Morgan fingerprint density at radius 1 is 1.10 bits per heavy atom. The quantitative estimate of drug-likeness (QED) is 0.741. The maximum absolute atomic E-state index is 12.1. The lowest BCUT2D eigenvalue weighted by atomic mass is 10.1. The van der Waals surface area contributed by atoms with Crippen LogP contribution in [0.4, 0.5) is 0 Å². The SMILES string of the molecule is COc1ccc(C(=O)NCCNC(=O)C(C)C)c(OC)c1. The van der Waals surface area contributed by atoms with E-state index in [2.05, 4.69) is 10.6 Å². The number of carbonyl (C=O) groups is 2. The Kier molecular flexibility index (Phi) is 6.52. The van der Waals surface area contributed by atoms with Crippen molar-refractivity contribution in [2.24, 2.45) is 5.92 Å². The maximum Gasteiger partial charge on any atom is 0.255 e. The highest BCUT2D eigenvalue weighted by atomic mass is 16.5. The summed E-state index contributed by atoms with van der Waals surface area (Å²) >= 11 is 0. The van der Waals surface area contributed by atoms with E-state index >= 15 is 0 Å². The molecule has 0 heterocycles. The molecule has 0 aliphatic heterocycles. The van der Waals surface area contributed by atoms with Crippen molar-refractivity contribution < 1.29 is 19.1 Å². The molecule has 6 nitrogen and oxygen atoms in total. The van der Waals surface area contributed by atoms with Crippen molar-refractivity contribution >= 4 is 11.8 Å². The first-order chi connectivity index (χ1) is 9.99. The first-order valence-corrected chi connectivity index (χ1v) is 6.77. The van der Waals surface area contributed by atoms with Crippen LogP contribution in [0.3, 0.4) is 0 Å². The highest BCUT2D eigenvalue weighted by molar-refractivity contribution is 5.97. The Labute approximate surface area is 124 Å². The van der Waals surface area contributed by atoms with Crippen molar-refractivity contribution in [2.45, 2.75) is 13.8 Å². The zero-order valence-corrected chi connectivity index (χ0v) is 12.9. The molecule has 0 saturated heterocycles. The number of hydrogen-bond acceptors (Lipinski definition) is 4. The molecule has 0 atom stereocenters. The molecule has 1 aromatic carbocycles. The molecule has 6 heteroatoms. The van der Waals surface area contributed by atoms with E-state index in [9.17, 15) is 9.59 Å². The lowest BCUT2D eigenvalue weighted by Crippen LogP contribution is -2.36. The van der Waals surface area contributed by atoms with Crippen LogP contribution in [0.15, 0.2) is 18.2 Å². The summed E-state index contributed by atoms with van der Waals surface area (Å²) in [6, 6.07) is 4.98. The molecule has 0 aliphatic rings. The minimum Gasteiger partial charge on any atom is -0.497 e. The molecule has 0 unspecified atom stereocenters. The molecule has 116 valence electrons. The molecule has 1 rings (SSSR count). The Morgan fingerprint density at radius 3 is 2.33 bits per heavy atom. The van der Waals surface area contributed by atoms with Crippen LogP contribution in [0.2, 0.25) is 0 Å². The van der Waals surface area contributed by atoms with Gasteiger partial charge in [-0.25, -0.2) is 0 Å². The van der Waals surface area contributed by atoms with Crippen LogP contribution in [0, 0.1) is 5.92 Å². The smallest absolute Gasteiger partial charge is 0.255 e. The third kappa shape index (κ3) is 4.98. The minimum atomic E-state index is -0.256. The van der Waals surface area contributed by atoms with Gasteiger partial charge in [0.05, 0.1) is 19.8 Å². The van der Waals surface area contributed by atoms with Crippen LogP contribution >= 0.6 is 0 Å². The number of ether oxygens (including phenoxy) is 2. The second kappa shape index (κ2) is 8.14. The van der Waals surface area contributed by atoms with Gasteiger partial charge < -0.3 is 20.1 Å². The molecular weight excluding hydrogens is 272 g/mol. The highest BCUT2D eigenvalue weighted by Crippen LogP contribution is 2.24. The fourth-order valence-corrected chi connectivity index (χ4v) is 1.65. The molecule has 2 amide bonds. The Morgan fingerprint density at radius 2 is 1.76 bits per heavy atom. The average molecular weight is 294 g/mol. The fourth-order valence-electron chi connectivity index (χ4n) is 1.65. The van der Waals surface area contributed by atoms with Crippen molar-refractivity contribution in [3.05, 3.63) is 23.8 Å². The van der Waals surface area contributed by atoms with E-state index in [1.54, 1.807) is 25.3 Å². The van der Waals surface area contributed by atoms with Gasteiger partial charge in [-0.3, -0.25) is 9.59 Å². The molecule has 1 aromatic rings. The van der Waals surface area contributed by atoms with E-state index < -0.39 is 0 Å². The van der Waals surface area contributed by atoms with Crippen molar-refractivity contribution in [3.8, 4) is 11.5 Å². The monoisotopic (exact) mass is 294 g/mol. The fraction of sp³-hybridized carbons (Fsp3) is 0.467. The summed E-state index contributed by atoms with van der Waals surface area (Å²) in [5.74, 6) is 0.702. The summed E-state index contributed by atoms with van der Waals surface area (Å²) in [7, 11) is 3.04. The first kappa shape index (κ1) is 16.8. The number of methoxy groups -OCH3 is 2. The van der Waals surface area contributed by atoms with Crippen LogP contribution in [0.5, 0.6) is 11.5 Å². The van der Waals surface area contributed by atoms with Gasteiger partial charge in [0.25, 0.3) is 5.91 Å². The largest absolute Gasteiger partial charge is 0.497 e. The lowest BCUT2D eigenvalue weighted by Gasteiger charge is -2.11. The highest BCUT2D eigenvalue weighted by Gasteiger charge is 2.13. The Balaban J connectivity index is 2.54. The number of amides is 2. The summed E-state index contributed by atoms with van der Waals surface area (Å²) in [4.78, 5) is 23.4. The summed E-state index contributed by atoms with van der Waals surface area (Å²) in [5.41, 5.74) is 0.425. The molecule has 0 saturated carbocycles. The Hall–Kier alpha value is -2.24. The van der Waals surface area contributed by atoms with E-state index in [1.807, 2.05) is 13.8 Å². The lowest BCUT2D eigenvalue weighted by molar-refractivity contribution is -0.123. The summed E-state index contributed by atoms with van der Waals surface area (Å²) in [5, 5.41) is 5.46. The molecule has 21 heavy (non-hydrogen) atoms. The van der Waals surface area contributed by atoms with Gasteiger partial charge in [0.1, 0.15) is 11.5 Å². The number of benzene rings is 1. The van der Waals surface area contributed by atoms with Crippen molar-refractivity contribution in [1.82, 2.24) is 10.6 Å². The molecule has 2 N–H and O–H groups in total. The maximum atomic E-state index is 12.1. The predicted molar refractivity (Wildman–Crippen MR) is 79.7 cm³/mol. The van der Waals surface area contributed by atoms with Crippen LogP contribution in [-0.2, 0) is 4.79 Å². The van der Waals surface area contributed by atoms with E-state index in [0.717, 1.165) is 0 Å². The van der Waals surface area contributed by atoms with Gasteiger partial charge in [0, 0.05) is 25.1 Å². The standard InChI is InChI=1S/C15H22N2O4/c1-10(2)14(18)16-7-8-17-15(19)12-6-5-11(20-3)9-13(12)21-4/h5-6,9-10H,7-8H2,1-4H3,(H,16,18)(H,17,19). The summed E-state index contributed by atoms with van der Waals surface area (Å²) < 4.78 is 10.3. The Bertz CT molecular complexity index is 500. The van der Waals surface area contributed by atoms with Gasteiger partial charge in [-0.2, -0.15) is 0 Å². The second-order valence-corrected chi connectivity index (χ2v) is 4.77. The average Bonchev–Trinajstić information content (AvgIpc) is 2.50. The first-order valence-electron chi connectivity index (χ1n) is 6.77. The number of hydrogen-bond donors (Lipinski definition) is 2. The molecule has 0 radical (unpaired) electrons. The third-order valence-electron chi connectivity index (χ3n) is 2.89. The molecular formula is C15H22N2O4. The van der Waals surface area contributed by atoms with Crippen LogP contribution in [0.25, 0.3) is 0 Å². The molecule has 0 aromatic heterocycles. The van der Waals surface area contributed by atoms with Crippen LogP contribution < -0.4 is 20.1 Å². The number of carbonyl (C=O) groups excluding carboxylic acids is 2. The van der Waals surface area contributed by atoms with Gasteiger partial charge in [-0.15, -0.1) is 0 Å². The van der Waals surface area contributed by atoms with E-state index in [1.165, 1.54) is 7.11 Å². The van der Waals surface area contributed by atoms with Gasteiger partial charge in [-0.05, 0) is 12.1 Å². The summed E-state index contributed by atoms with van der Waals surface area (Å²) in [6.45, 7) is 4.37. The third-order valence-corrected chi connectivity index (χ3v) is 2.89. The molecule has 0 aliphatic carbocycles. The van der Waals surface area contributed by atoms with Crippen molar-refractivity contribution in [2.75, 3.05) is 27.3 Å². The second-order valence-electron chi connectivity index (χ2n) is 4.77. The van der Waals surface area contributed by atoms with Crippen molar-refractivity contribution in [1.29, 1.82) is 0 Å².